The molecule has 1 aliphatic carbocycles. The monoisotopic (exact) mass is 504 g/mol. The van der Waals surface area contributed by atoms with Gasteiger partial charge in [0.1, 0.15) is 5.75 Å². The van der Waals surface area contributed by atoms with E-state index in [1.165, 1.54) is 4.90 Å². The second-order valence-electron chi connectivity index (χ2n) is 10.2. The molecule has 0 spiro atoms. The fourth-order valence-corrected chi connectivity index (χ4v) is 5.11. The first kappa shape index (κ1) is 26.5. The number of benzene rings is 2. The van der Waals surface area contributed by atoms with Crippen molar-refractivity contribution in [1.29, 1.82) is 0 Å². The number of amides is 1. The molecule has 0 radical (unpaired) electrons. The summed E-state index contributed by atoms with van der Waals surface area (Å²) in [5, 5.41) is 9.00. The lowest BCUT2D eigenvalue weighted by molar-refractivity contribution is -0.256. The molecule has 1 heterocycles. The van der Waals surface area contributed by atoms with E-state index in [2.05, 4.69) is 0 Å². The molecule has 0 bridgehead atoms. The minimum absolute atomic E-state index is 0.0729. The van der Waals surface area contributed by atoms with Crippen LogP contribution in [0.1, 0.15) is 42.5 Å². The van der Waals surface area contributed by atoms with Crippen molar-refractivity contribution in [2.75, 3.05) is 46.4 Å². The molecule has 0 atom stereocenters. The van der Waals surface area contributed by atoms with Gasteiger partial charge in [0.05, 0.1) is 18.6 Å². The van der Waals surface area contributed by atoms with Crippen LogP contribution in [0.2, 0.25) is 0 Å². The number of likely N-dealkylation sites (tertiary alicyclic amines) is 1. The first-order valence-corrected chi connectivity index (χ1v) is 12.7. The van der Waals surface area contributed by atoms with Crippen LogP contribution in [-0.2, 0) is 0 Å². The van der Waals surface area contributed by atoms with Crippen molar-refractivity contribution in [3.63, 3.8) is 0 Å². The molecular formula is C28H35F3N2O3. The van der Waals surface area contributed by atoms with Gasteiger partial charge in [0.15, 0.2) is 0 Å². The Hall–Kier alpha value is -2.58. The van der Waals surface area contributed by atoms with Crippen LogP contribution in [0, 0.1) is 11.3 Å². The number of carbonyl (C=O) groups excluding carboxylic acids is 1. The van der Waals surface area contributed by atoms with Crippen LogP contribution in [0.3, 0.4) is 0 Å². The van der Waals surface area contributed by atoms with E-state index in [4.69, 9.17) is 9.84 Å². The molecule has 2 aromatic rings. The van der Waals surface area contributed by atoms with E-state index in [-0.39, 0.29) is 31.9 Å². The standard InChI is InChI=1S/C28H35F3N2O3/c1-32(17-18-34)26(35)24-5-3-22(4-6-24)23-7-9-25(10-8-23)36-19-21-11-15-33(16-12-21)20-27(13-2-14-27)28(29,30)31/h3-10,21,34H,2,11-20H2,1H3. The molecule has 2 aliphatic rings. The molecule has 0 aromatic heterocycles. The average molecular weight is 505 g/mol. The summed E-state index contributed by atoms with van der Waals surface area (Å²) in [7, 11) is 1.66. The lowest BCUT2D eigenvalue weighted by Gasteiger charge is -2.47. The van der Waals surface area contributed by atoms with Gasteiger partial charge in [-0.05, 0) is 80.1 Å². The van der Waals surface area contributed by atoms with Crippen LogP contribution in [0.25, 0.3) is 11.1 Å². The number of carbonyl (C=O) groups is 1. The van der Waals surface area contributed by atoms with Crippen molar-refractivity contribution in [2.45, 2.75) is 38.3 Å². The molecule has 1 saturated heterocycles. The van der Waals surface area contributed by atoms with Gasteiger partial charge in [-0.25, -0.2) is 0 Å². The Morgan fingerprint density at radius 2 is 1.64 bits per heavy atom. The van der Waals surface area contributed by atoms with E-state index in [1.54, 1.807) is 19.2 Å². The Morgan fingerprint density at radius 1 is 1.06 bits per heavy atom. The zero-order valence-corrected chi connectivity index (χ0v) is 20.8. The highest BCUT2D eigenvalue weighted by Crippen LogP contribution is 2.53. The van der Waals surface area contributed by atoms with Crippen LogP contribution >= 0.6 is 0 Å². The molecule has 1 saturated carbocycles. The number of halogens is 3. The number of nitrogens with zero attached hydrogens (tertiary/aromatic N) is 2. The Balaban J connectivity index is 1.23. The molecule has 2 aromatic carbocycles. The molecule has 4 rings (SSSR count). The zero-order chi connectivity index (χ0) is 25.8. The van der Waals surface area contributed by atoms with Gasteiger partial charge in [-0.1, -0.05) is 30.7 Å². The molecule has 0 unspecified atom stereocenters. The van der Waals surface area contributed by atoms with Crippen molar-refractivity contribution >= 4 is 5.91 Å². The highest BCUT2D eigenvalue weighted by Gasteiger charge is 2.58. The van der Waals surface area contributed by atoms with Crippen molar-refractivity contribution in [2.24, 2.45) is 11.3 Å². The zero-order valence-electron chi connectivity index (χ0n) is 20.8. The number of rotatable bonds is 9. The minimum Gasteiger partial charge on any atom is -0.493 e. The van der Waals surface area contributed by atoms with Crippen LogP contribution in [0.4, 0.5) is 13.2 Å². The third-order valence-electron chi connectivity index (χ3n) is 7.73. The van der Waals surface area contributed by atoms with Gasteiger partial charge in [-0.15, -0.1) is 0 Å². The first-order valence-electron chi connectivity index (χ1n) is 12.7. The van der Waals surface area contributed by atoms with Crippen LogP contribution in [0.5, 0.6) is 5.75 Å². The molecule has 1 aliphatic heterocycles. The van der Waals surface area contributed by atoms with Gasteiger partial charge in [-0.2, -0.15) is 13.2 Å². The van der Waals surface area contributed by atoms with Crippen molar-refractivity contribution in [1.82, 2.24) is 9.80 Å². The summed E-state index contributed by atoms with van der Waals surface area (Å²) in [5.74, 6) is 0.982. The number of likely N-dealkylation sites (N-methyl/N-ethyl adjacent to an activating group) is 1. The largest absolute Gasteiger partial charge is 0.493 e. The lowest BCUT2D eigenvalue weighted by Crippen LogP contribution is -2.53. The Kier molecular flexibility index (Phi) is 8.25. The summed E-state index contributed by atoms with van der Waals surface area (Å²) in [6, 6.07) is 15.1. The summed E-state index contributed by atoms with van der Waals surface area (Å²) in [6.45, 7) is 2.31. The van der Waals surface area contributed by atoms with Gasteiger partial charge in [0, 0.05) is 25.7 Å². The van der Waals surface area contributed by atoms with Crippen molar-refractivity contribution in [3.05, 3.63) is 54.1 Å². The number of piperidine rings is 1. The van der Waals surface area contributed by atoms with E-state index in [9.17, 15) is 18.0 Å². The normalized spacial score (nSPS) is 18.5. The maximum absolute atomic E-state index is 13.5. The van der Waals surface area contributed by atoms with E-state index in [0.717, 1.165) is 29.7 Å². The molecule has 36 heavy (non-hydrogen) atoms. The summed E-state index contributed by atoms with van der Waals surface area (Å²) >= 11 is 0. The molecule has 1 amide bonds. The molecule has 1 N–H and O–H groups in total. The fourth-order valence-electron chi connectivity index (χ4n) is 5.11. The van der Waals surface area contributed by atoms with Crippen molar-refractivity contribution < 1.29 is 27.8 Å². The fraction of sp³-hybridized carbons (Fsp3) is 0.536. The molecule has 2 fully saturated rings. The quantitative estimate of drug-likeness (QED) is 0.508. The van der Waals surface area contributed by atoms with E-state index >= 15 is 0 Å². The second-order valence-corrected chi connectivity index (χ2v) is 10.2. The third kappa shape index (κ3) is 6.03. The summed E-state index contributed by atoms with van der Waals surface area (Å²) in [6.07, 6.45) is -1.20. The topological polar surface area (TPSA) is 53.0 Å². The number of aliphatic hydroxyl groups is 1. The third-order valence-corrected chi connectivity index (χ3v) is 7.73. The number of hydrogen-bond donors (Lipinski definition) is 1. The Bertz CT molecular complexity index is 996. The Morgan fingerprint density at radius 3 is 2.14 bits per heavy atom. The molecule has 196 valence electrons. The van der Waals surface area contributed by atoms with Gasteiger partial charge in [0.2, 0.25) is 0 Å². The maximum atomic E-state index is 13.5. The summed E-state index contributed by atoms with van der Waals surface area (Å²) in [4.78, 5) is 15.8. The molecule has 5 nitrogen and oxygen atoms in total. The average Bonchev–Trinajstić information content (AvgIpc) is 2.85. The van der Waals surface area contributed by atoms with Crippen LogP contribution < -0.4 is 4.74 Å². The highest BCUT2D eigenvalue weighted by molar-refractivity contribution is 5.94. The predicted molar refractivity (Wildman–Crippen MR) is 133 cm³/mol. The number of hydrogen-bond acceptors (Lipinski definition) is 4. The van der Waals surface area contributed by atoms with E-state index in [0.29, 0.717) is 44.1 Å². The number of alkyl halides is 3. The summed E-state index contributed by atoms with van der Waals surface area (Å²) in [5.41, 5.74) is 1.08. The maximum Gasteiger partial charge on any atom is 0.395 e. The SMILES string of the molecule is CN(CCO)C(=O)c1ccc(-c2ccc(OCC3CCN(CC4(C(F)(F)F)CCC4)CC3)cc2)cc1. The number of ether oxygens (including phenoxy) is 1. The lowest BCUT2D eigenvalue weighted by atomic mass is 9.67. The Labute approximate surface area is 210 Å². The smallest absolute Gasteiger partial charge is 0.395 e. The molecular weight excluding hydrogens is 469 g/mol. The first-order chi connectivity index (χ1) is 17.2. The predicted octanol–water partition coefficient (Wildman–Crippen LogP) is 5.24. The van der Waals surface area contributed by atoms with Crippen LogP contribution in [0.15, 0.2) is 48.5 Å². The van der Waals surface area contributed by atoms with Gasteiger partial charge in [0.25, 0.3) is 5.91 Å². The van der Waals surface area contributed by atoms with E-state index < -0.39 is 11.6 Å². The summed E-state index contributed by atoms with van der Waals surface area (Å²) < 4.78 is 46.4. The van der Waals surface area contributed by atoms with Gasteiger partial charge < -0.3 is 19.6 Å². The van der Waals surface area contributed by atoms with Gasteiger partial charge >= 0.3 is 6.18 Å². The molecule has 8 heteroatoms. The second kappa shape index (κ2) is 11.2. The van der Waals surface area contributed by atoms with Gasteiger partial charge in [-0.3, -0.25) is 4.79 Å². The van der Waals surface area contributed by atoms with E-state index in [1.807, 2.05) is 41.3 Å². The van der Waals surface area contributed by atoms with Crippen LogP contribution in [-0.4, -0.2) is 73.4 Å². The van der Waals surface area contributed by atoms with Crippen molar-refractivity contribution in [3.8, 4) is 16.9 Å². The highest BCUT2D eigenvalue weighted by atomic mass is 19.4. The number of aliphatic hydroxyl groups excluding tert-OH is 1. The minimum atomic E-state index is -4.10.